The minimum Gasteiger partial charge on any atom is -0.394 e. The summed E-state index contributed by atoms with van der Waals surface area (Å²) in [6.45, 7) is 3.12. The number of aliphatic hydroxyl groups is 1. The molecule has 0 unspecified atom stereocenters. The third kappa shape index (κ3) is 2.79. The summed E-state index contributed by atoms with van der Waals surface area (Å²) in [7, 11) is 1.50. The van der Waals surface area contributed by atoms with Gasteiger partial charge in [-0.2, -0.15) is 0 Å². The molecule has 0 aliphatic carbocycles. The molecule has 0 aliphatic heterocycles. The molecular weight excluding hydrogens is 228 g/mol. The van der Waals surface area contributed by atoms with E-state index in [1.54, 1.807) is 13.8 Å². The summed E-state index contributed by atoms with van der Waals surface area (Å²) in [4.78, 5) is 13.2. The second-order valence-electron chi connectivity index (χ2n) is 4.46. The molecular formula is C12H15F2NO2. The maximum atomic E-state index is 13.0. The van der Waals surface area contributed by atoms with Crippen molar-refractivity contribution in [2.75, 3.05) is 13.7 Å². The van der Waals surface area contributed by atoms with Gasteiger partial charge in [-0.05, 0) is 32.0 Å². The van der Waals surface area contributed by atoms with Gasteiger partial charge in [-0.15, -0.1) is 0 Å². The zero-order valence-corrected chi connectivity index (χ0v) is 10.00. The minimum atomic E-state index is -1.06. The van der Waals surface area contributed by atoms with Crippen LogP contribution in [0.2, 0.25) is 0 Å². The van der Waals surface area contributed by atoms with Crippen molar-refractivity contribution in [3.05, 3.63) is 35.4 Å². The van der Waals surface area contributed by atoms with Crippen molar-refractivity contribution >= 4 is 5.91 Å². The van der Waals surface area contributed by atoms with E-state index in [1.807, 2.05) is 0 Å². The van der Waals surface area contributed by atoms with E-state index in [0.29, 0.717) is 0 Å². The number of benzene rings is 1. The van der Waals surface area contributed by atoms with E-state index < -0.39 is 23.1 Å². The molecule has 0 saturated heterocycles. The zero-order valence-electron chi connectivity index (χ0n) is 10.00. The fraction of sp³-hybridized carbons (Fsp3) is 0.417. The van der Waals surface area contributed by atoms with E-state index in [-0.39, 0.29) is 12.2 Å². The van der Waals surface area contributed by atoms with Gasteiger partial charge in [-0.3, -0.25) is 4.79 Å². The fourth-order valence-corrected chi connectivity index (χ4v) is 1.20. The summed E-state index contributed by atoms with van der Waals surface area (Å²) < 4.78 is 25.7. The molecule has 0 saturated carbocycles. The lowest BCUT2D eigenvalue weighted by molar-refractivity contribution is 0.0472. The van der Waals surface area contributed by atoms with Crippen molar-refractivity contribution in [1.82, 2.24) is 4.90 Å². The molecule has 0 bridgehead atoms. The molecule has 0 radical (unpaired) electrons. The zero-order chi connectivity index (χ0) is 13.2. The lowest BCUT2D eigenvalue weighted by Crippen LogP contribution is -2.47. The van der Waals surface area contributed by atoms with Gasteiger partial charge in [0.05, 0.1) is 12.1 Å². The van der Waals surface area contributed by atoms with E-state index in [1.165, 1.54) is 18.0 Å². The molecule has 0 heterocycles. The van der Waals surface area contributed by atoms with Gasteiger partial charge in [-0.25, -0.2) is 8.78 Å². The molecule has 1 rings (SSSR count). The van der Waals surface area contributed by atoms with Gasteiger partial charge in [0.2, 0.25) is 0 Å². The topological polar surface area (TPSA) is 40.5 Å². The number of rotatable bonds is 3. The van der Waals surface area contributed by atoms with Crippen molar-refractivity contribution < 1.29 is 18.7 Å². The Morgan fingerprint density at radius 2 is 1.94 bits per heavy atom. The van der Waals surface area contributed by atoms with Gasteiger partial charge in [0.25, 0.3) is 5.91 Å². The normalized spacial score (nSPS) is 11.4. The van der Waals surface area contributed by atoms with Gasteiger partial charge in [-0.1, -0.05) is 0 Å². The van der Waals surface area contributed by atoms with Crippen LogP contribution in [0.4, 0.5) is 8.78 Å². The third-order valence-electron chi connectivity index (χ3n) is 2.77. The van der Waals surface area contributed by atoms with Gasteiger partial charge in [0, 0.05) is 12.6 Å². The minimum absolute atomic E-state index is 0.0490. The van der Waals surface area contributed by atoms with Crippen LogP contribution in [0.5, 0.6) is 0 Å². The first-order chi connectivity index (χ1) is 7.79. The standard InChI is InChI=1S/C12H15F2NO2/c1-12(2,7-16)15(3)11(17)8-4-5-9(13)10(14)6-8/h4-6,16H,7H2,1-3H3. The SMILES string of the molecule is CN(C(=O)c1ccc(F)c(F)c1)C(C)(C)CO. The smallest absolute Gasteiger partial charge is 0.254 e. The Hall–Kier alpha value is -1.49. The van der Waals surface area contributed by atoms with Crippen LogP contribution in [-0.2, 0) is 0 Å². The van der Waals surface area contributed by atoms with Crippen molar-refractivity contribution in [2.45, 2.75) is 19.4 Å². The summed E-state index contributed by atoms with van der Waals surface area (Å²) in [5.74, 6) is -2.53. The molecule has 1 N–H and O–H groups in total. The van der Waals surface area contributed by atoms with Crippen molar-refractivity contribution in [3.8, 4) is 0 Å². The highest BCUT2D eigenvalue weighted by atomic mass is 19.2. The number of aliphatic hydroxyl groups excluding tert-OH is 1. The van der Waals surface area contributed by atoms with Crippen molar-refractivity contribution in [2.24, 2.45) is 0 Å². The summed E-state index contributed by atoms with van der Waals surface area (Å²) in [5.41, 5.74) is -0.713. The van der Waals surface area contributed by atoms with Crippen molar-refractivity contribution in [3.63, 3.8) is 0 Å². The van der Waals surface area contributed by atoms with Crippen LogP contribution in [0.25, 0.3) is 0 Å². The highest BCUT2D eigenvalue weighted by Gasteiger charge is 2.27. The van der Waals surface area contributed by atoms with Crippen molar-refractivity contribution in [1.29, 1.82) is 0 Å². The Morgan fingerprint density at radius 3 is 2.41 bits per heavy atom. The van der Waals surface area contributed by atoms with E-state index in [2.05, 4.69) is 0 Å². The van der Waals surface area contributed by atoms with E-state index in [0.717, 1.165) is 12.1 Å². The summed E-state index contributed by atoms with van der Waals surface area (Å²) >= 11 is 0. The Morgan fingerprint density at radius 1 is 1.35 bits per heavy atom. The summed E-state index contributed by atoms with van der Waals surface area (Å²) in [5, 5.41) is 9.13. The first-order valence-electron chi connectivity index (χ1n) is 5.13. The number of nitrogens with zero attached hydrogens (tertiary/aromatic N) is 1. The summed E-state index contributed by atoms with van der Waals surface area (Å²) in [6, 6.07) is 2.97. The van der Waals surface area contributed by atoms with Crippen LogP contribution in [-0.4, -0.2) is 35.1 Å². The number of amides is 1. The molecule has 94 valence electrons. The van der Waals surface area contributed by atoms with Crippen LogP contribution < -0.4 is 0 Å². The molecule has 0 atom stereocenters. The molecule has 0 spiro atoms. The number of likely N-dealkylation sites (N-methyl/N-ethyl adjacent to an activating group) is 1. The molecule has 5 heteroatoms. The Kier molecular flexibility index (Phi) is 3.83. The van der Waals surface area contributed by atoms with E-state index >= 15 is 0 Å². The predicted molar refractivity (Wildman–Crippen MR) is 59.6 cm³/mol. The van der Waals surface area contributed by atoms with Gasteiger partial charge in [0.1, 0.15) is 0 Å². The molecule has 17 heavy (non-hydrogen) atoms. The van der Waals surface area contributed by atoms with Crippen LogP contribution in [0.3, 0.4) is 0 Å². The monoisotopic (exact) mass is 243 g/mol. The molecule has 1 aromatic carbocycles. The third-order valence-corrected chi connectivity index (χ3v) is 2.77. The van der Waals surface area contributed by atoms with Gasteiger partial charge in [0.15, 0.2) is 11.6 Å². The molecule has 0 aliphatic rings. The number of hydrogen-bond acceptors (Lipinski definition) is 2. The first-order valence-corrected chi connectivity index (χ1v) is 5.13. The predicted octanol–water partition coefficient (Wildman–Crippen LogP) is 1.81. The summed E-state index contributed by atoms with van der Waals surface area (Å²) in [6.07, 6.45) is 0. The second kappa shape index (κ2) is 4.79. The van der Waals surface area contributed by atoms with Gasteiger partial charge < -0.3 is 10.0 Å². The fourth-order valence-electron chi connectivity index (χ4n) is 1.20. The van der Waals surface area contributed by atoms with Crippen LogP contribution in [0.1, 0.15) is 24.2 Å². The highest BCUT2D eigenvalue weighted by molar-refractivity contribution is 5.94. The Balaban J connectivity index is 3.01. The molecule has 3 nitrogen and oxygen atoms in total. The average molecular weight is 243 g/mol. The largest absolute Gasteiger partial charge is 0.394 e. The highest BCUT2D eigenvalue weighted by Crippen LogP contribution is 2.16. The number of hydrogen-bond donors (Lipinski definition) is 1. The molecule has 0 fully saturated rings. The Labute approximate surface area is 98.7 Å². The Bertz CT molecular complexity index is 433. The quantitative estimate of drug-likeness (QED) is 0.879. The average Bonchev–Trinajstić information content (AvgIpc) is 2.30. The van der Waals surface area contributed by atoms with E-state index in [4.69, 9.17) is 5.11 Å². The maximum Gasteiger partial charge on any atom is 0.254 e. The first kappa shape index (κ1) is 13.6. The van der Waals surface area contributed by atoms with Crippen LogP contribution in [0.15, 0.2) is 18.2 Å². The van der Waals surface area contributed by atoms with Gasteiger partial charge >= 0.3 is 0 Å². The lowest BCUT2D eigenvalue weighted by Gasteiger charge is -2.34. The molecule has 1 amide bonds. The van der Waals surface area contributed by atoms with Crippen LogP contribution in [0, 0.1) is 11.6 Å². The number of carbonyl (C=O) groups is 1. The number of halogens is 2. The molecule has 1 aromatic rings. The van der Waals surface area contributed by atoms with Crippen LogP contribution >= 0.6 is 0 Å². The number of carbonyl (C=O) groups excluding carboxylic acids is 1. The van der Waals surface area contributed by atoms with E-state index in [9.17, 15) is 13.6 Å². The maximum absolute atomic E-state index is 13.0. The second-order valence-corrected chi connectivity index (χ2v) is 4.46. The molecule has 0 aromatic heterocycles. The lowest BCUT2D eigenvalue weighted by atomic mass is 10.0.